The van der Waals surface area contributed by atoms with Crippen LogP contribution >= 0.6 is 0 Å². The highest BCUT2D eigenvalue weighted by Crippen LogP contribution is 2.08. The summed E-state index contributed by atoms with van der Waals surface area (Å²) in [5.41, 5.74) is 0. The molecule has 4 N–H and O–H groups in total. The maximum absolute atomic E-state index is 11.2. The van der Waals surface area contributed by atoms with Crippen molar-refractivity contribution in [2.24, 2.45) is 5.92 Å². The predicted octanol–water partition coefficient (Wildman–Crippen LogP) is -0.0774. The molecule has 0 aromatic carbocycles. The lowest BCUT2D eigenvalue weighted by Crippen LogP contribution is -2.42. The number of urea groups is 1. The first-order valence-corrected chi connectivity index (χ1v) is 5.89. The van der Waals surface area contributed by atoms with Gasteiger partial charge in [-0.2, -0.15) is 0 Å². The summed E-state index contributed by atoms with van der Waals surface area (Å²) in [6.45, 7) is 2.65. The average Bonchev–Trinajstić information content (AvgIpc) is 2.31. The Morgan fingerprint density at radius 2 is 1.89 bits per heavy atom. The Hall–Kier alpha value is -1.63. The van der Waals surface area contributed by atoms with E-state index in [1.54, 1.807) is 0 Å². The smallest absolute Gasteiger partial charge is 0.321 e. The number of carbonyl (C=O) groups excluding carboxylic acids is 2. The van der Waals surface area contributed by atoms with E-state index in [1.807, 2.05) is 6.92 Å². The second-order valence-electron chi connectivity index (χ2n) is 4.13. The number of carboxylic acid groups (broad SMARTS) is 1. The molecular formula is C11H21N3O4. The number of amides is 3. The molecule has 0 aliphatic rings. The van der Waals surface area contributed by atoms with Crippen molar-refractivity contribution < 1.29 is 19.5 Å². The Kier molecular flexibility index (Phi) is 8.55. The Balaban J connectivity index is 3.52. The van der Waals surface area contributed by atoms with Gasteiger partial charge in [-0.25, -0.2) is 4.79 Å². The second kappa shape index (κ2) is 9.41. The lowest BCUT2D eigenvalue weighted by Gasteiger charge is -2.10. The second-order valence-corrected chi connectivity index (χ2v) is 4.13. The molecule has 0 aliphatic heterocycles. The Morgan fingerprint density at radius 3 is 2.44 bits per heavy atom. The summed E-state index contributed by atoms with van der Waals surface area (Å²) in [6, 6.07) is -0.531. The highest BCUT2D eigenvalue weighted by Gasteiger charge is 2.07. The number of carboxylic acids is 1. The molecule has 0 aliphatic carbocycles. The van der Waals surface area contributed by atoms with E-state index in [1.165, 1.54) is 7.05 Å². The maximum Gasteiger partial charge on any atom is 0.321 e. The Morgan fingerprint density at radius 1 is 1.22 bits per heavy atom. The fourth-order valence-corrected chi connectivity index (χ4v) is 1.30. The molecule has 1 unspecified atom stereocenters. The van der Waals surface area contributed by atoms with Gasteiger partial charge in [0.25, 0.3) is 0 Å². The summed E-state index contributed by atoms with van der Waals surface area (Å²) in [7, 11) is 1.43. The number of imide groups is 1. The van der Waals surface area contributed by atoms with Crippen molar-refractivity contribution in [3.8, 4) is 0 Å². The van der Waals surface area contributed by atoms with Crippen LogP contribution in [0.1, 0.15) is 26.2 Å². The summed E-state index contributed by atoms with van der Waals surface area (Å²) in [5, 5.41) is 15.8. The molecule has 0 fully saturated rings. The number of aliphatic carboxylic acids is 1. The van der Waals surface area contributed by atoms with Crippen LogP contribution in [0.4, 0.5) is 4.79 Å². The highest BCUT2D eigenvalue weighted by atomic mass is 16.4. The zero-order valence-electron chi connectivity index (χ0n) is 10.8. The fourth-order valence-electron chi connectivity index (χ4n) is 1.30. The van der Waals surface area contributed by atoms with Gasteiger partial charge in [-0.3, -0.25) is 14.9 Å². The molecule has 0 saturated heterocycles. The minimum atomic E-state index is -0.792. The van der Waals surface area contributed by atoms with E-state index in [-0.39, 0.29) is 18.9 Å². The molecule has 0 heterocycles. The standard InChI is InChI=1S/C11H21N3O4/c1-8(3-4-10(16)17)5-6-13-7-9(15)14-11(18)12-2/h8,13H,3-7H2,1-2H3,(H,16,17)(H2,12,14,15,18). The van der Waals surface area contributed by atoms with Crippen LogP contribution in [0.5, 0.6) is 0 Å². The topological polar surface area (TPSA) is 108 Å². The third-order valence-corrected chi connectivity index (χ3v) is 2.43. The predicted molar refractivity (Wildman–Crippen MR) is 66.1 cm³/mol. The average molecular weight is 259 g/mol. The Bertz CT molecular complexity index is 294. The largest absolute Gasteiger partial charge is 0.481 e. The summed E-state index contributed by atoms with van der Waals surface area (Å²) in [4.78, 5) is 32.3. The third-order valence-electron chi connectivity index (χ3n) is 2.43. The SMILES string of the molecule is CNC(=O)NC(=O)CNCCC(C)CCC(=O)O. The van der Waals surface area contributed by atoms with Gasteiger partial charge in [0.15, 0.2) is 0 Å². The van der Waals surface area contributed by atoms with Crippen molar-refractivity contribution >= 4 is 17.9 Å². The van der Waals surface area contributed by atoms with Gasteiger partial charge in [-0.15, -0.1) is 0 Å². The zero-order chi connectivity index (χ0) is 14.0. The van der Waals surface area contributed by atoms with Crippen LogP contribution in [-0.2, 0) is 9.59 Å². The van der Waals surface area contributed by atoms with Crippen LogP contribution in [0.15, 0.2) is 0 Å². The Labute approximate surface area is 106 Å². The molecule has 7 heteroatoms. The zero-order valence-corrected chi connectivity index (χ0v) is 10.8. The molecule has 0 bridgehead atoms. The monoisotopic (exact) mass is 259 g/mol. The molecule has 0 aromatic rings. The summed E-state index contributed by atoms with van der Waals surface area (Å²) in [5.74, 6) is -0.900. The first-order valence-electron chi connectivity index (χ1n) is 5.89. The molecule has 0 spiro atoms. The van der Waals surface area contributed by atoms with Crippen LogP contribution in [0, 0.1) is 5.92 Å². The van der Waals surface area contributed by atoms with Gasteiger partial charge >= 0.3 is 12.0 Å². The van der Waals surface area contributed by atoms with Crippen molar-refractivity contribution in [2.75, 3.05) is 20.1 Å². The normalized spacial score (nSPS) is 11.7. The van der Waals surface area contributed by atoms with Gasteiger partial charge in [0.05, 0.1) is 6.54 Å². The van der Waals surface area contributed by atoms with Crippen LogP contribution < -0.4 is 16.0 Å². The molecule has 0 rings (SSSR count). The van der Waals surface area contributed by atoms with Crippen molar-refractivity contribution in [1.82, 2.24) is 16.0 Å². The number of carbonyl (C=O) groups is 3. The molecule has 104 valence electrons. The number of rotatable bonds is 8. The molecule has 0 radical (unpaired) electrons. The van der Waals surface area contributed by atoms with Gasteiger partial charge in [0.1, 0.15) is 0 Å². The molecule has 1 atom stereocenters. The maximum atomic E-state index is 11.2. The van der Waals surface area contributed by atoms with E-state index in [9.17, 15) is 14.4 Å². The van der Waals surface area contributed by atoms with Crippen LogP contribution in [0.3, 0.4) is 0 Å². The summed E-state index contributed by atoms with van der Waals surface area (Å²) < 4.78 is 0. The lowest BCUT2D eigenvalue weighted by molar-refractivity contribution is -0.137. The van der Waals surface area contributed by atoms with Crippen molar-refractivity contribution in [3.63, 3.8) is 0 Å². The lowest BCUT2D eigenvalue weighted by atomic mass is 10.0. The van der Waals surface area contributed by atoms with E-state index in [2.05, 4.69) is 16.0 Å². The van der Waals surface area contributed by atoms with Crippen LogP contribution in [0.2, 0.25) is 0 Å². The van der Waals surface area contributed by atoms with Crippen LogP contribution in [-0.4, -0.2) is 43.2 Å². The van der Waals surface area contributed by atoms with Gasteiger partial charge in [0.2, 0.25) is 5.91 Å². The van der Waals surface area contributed by atoms with Crippen molar-refractivity contribution in [1.29, 1.82) is 0 Å². The van der Waals surface area contributed by atoms with Gasteiger partial charge in [-0.05, 0) is 25.3 Å². The van der Waals surface area contributed by atoms with E-state index >= 15 is 0 Å². The highest BCUT2D eigenvalue weighted by molar-refractivity contribution is 5.95. The van der Waals surface area contributed by atoms with Crippen molar-refractivity contribution in [2.45, 2.75) is 26.2 Å². The van der Waals surface area contributed by atoms with E-state index in [0.29, 0.717) is 13.0 Å². The fraction of sp³-hybridized carbons (Fsp3) is 0.727. The van der Waals surface area contributed by atoms with E-state index in [0.717, 1.165) is 6.42 Å². The number of nitrogens with one attached hydrogen (secondary N) is 3. The van der Waals surface area contributed by atoms with Crippen LogP contribution in [0.25, 0.3) is 0 Å². The first-order chi connectivity index (χ1) is 8.45. The van der Waals surface area contributed by atoms with E-state index < -0.39 is 17.9 Å². The van der Waals surface area contributed by atoms with Gasteiger partial charge in [-0.1, -0.05) is 6.92 Å². The molecule has 0 aromatic heterocycles. The minimum Gasteiger partial charge on any atom is -0.481 e. The first kappa shape index (κ1) is 16.4. The van der Waals surface area contributed by atoms with E-state index in [4.69, 9.17) is 5.11 Å². The van der Waals surface area contributed by atoms with Gasteiger partial charge < -0.3 is 15.7 Å². The minimum absolute atomic E-state index is 0.0685. The quantitative estimate of drug-likeness (QED) is 0.456. The summed E-state index contributed by atoms with van der Waals surface area (Å²) in [6.07, 6.45) is 1.58. The molecule has 0 saturated carbocycles. The third kappa shape index (κ3) is 9.59. The number of hydrogen-bond donors (Lipinski definition) is 4. The molecular weight excluding hydrogens is 238 g/mol. The molecule has 7 nitrogen and oxygen atoms in total. The molecule has 3 amide bonds. The van der Waals surface area contributed by atoms with Gasteiger partial charge in [0, 0.05) is 13.5 Å². The van der Waals surface area contributed by atoms with Crippen molar-refractivity contribution in [3.05, 3.63) is 0 Å². The molecule has 18 heavy (non-hydrogen) atoms. The summed E-state index contributed by atoms with van der Waals surface area (Å²) >= 11 is 0. The number of hydrogen-bond acceptors (Lipinski definition) is 4.